The maximum absolute atomic E-state index is 13.2. The van der Waals surface area contributed by atoms with Gasteiger partial charge < -0.3 is 5.32 Å². The van der Waals surface area contributed by atoms with Crippen LogP contribution in [0.1, 0.15) is 59.5 Å². The van der Waals surface area contributed by atoms with Gasteiger partial charge in [0.15, 0.2) is 0 Å². The summed E-state index contributed by atoms with van der Waals surface area (Å²) in [6, 6.07) is 8.00. The Morgan fingerprint density at radius 1 is 0.871 bits per heavy atom. The minimum Gasteiger partial charge on any atom is -0.348 e. The van der Waals surface area contributed by atoms with E-state index in [0.717, 1.165) is 10.5 Å². The van der Waals surface area contributed by atoms with Crippen molar-refractivity contribution in [1.82, 2.24) is 10.2 Å². The Morgan fingerprint density at radius 2 is 1.35 bits per heavy atom. The molecular weight excluding hydrogens is 482 g/mol. The number of nitrogens with one attached hydrogen (secondary N) is 1. The normalized spacial score (nSPS) is 15.3. The molecule has 1 aliphatic heterocycles. The van der Waals surface area contributed by atoms with Gasteiger partial charge in [-0.25, -0.2) is 0 Å². The van der Waals surface area contributed by atoms with Crippen LogP contribution in [0.3, 0.4) is 0 Å². The van der Waals surface area contributed by atoms with Crippen LogP contribution in [0, 0.1) is 5.92 Å². The highest BCUT2D eigenvalue weighted by Gasteiger charge is 2.46. The van der Waals surface area contributed by atoms with Gasteiger partial charge in [-0.2, -0.15) is 0 Å². The van der Waals surface area contributed by atoms with Crippen molar-refractivity contribution in [3.8, 4) is 0 Å². The van der Waals surface area contributed by atoms with Gasteiger partial charge in [-0.3, -0.25) is 19.3 Å². The summed E-state index contributed by atoms with van der Waals surface area (Å²) in [4.78, 5) is 40.5. The molecule has 31 heavy (non-hydrogen) atoms. The number of rotatable bonds is 6. The Morgan fingerprint density at radius 3 is 1.81 bits per heavy atom. The number of hydrogen-bond acceptors (Lipinski definition) is 3. The summed E-state index contributed by atoms with van der Waals surface area (Å²) < 4.78 is 0. The van der Waals surface area contributed by atoms with E-state index in [9.17, 15) is 14.4 Å². The van der Waals surface area contributed by atoms with Crippen LogP contribution in [-0.2, 0) is 4.79 Å². The van der Waals surface area contributed by atoms with Crippen LogP contribution in [0.4, 0.5) is 0 Å². The lowest BCUT2D eigenvalue weighted by molar-refractivity contribution is -0.126. The highest BCUT2D eigenvalue weighted by molar-refractivity contribution is 6.55. The van der Waals surface area contributed by atoms with Crippen molar-refractivity contribution in [3.63, 3.8) is 0 Å². The molecule has 164 valence electrons. The van der Waals surface area contributed by atoms with Crippen LogP contribution in [0.15, 0.2) is 30.3 Å². The van der Waals surface area contributed by atoms with Crippen LogP contribution < -0.4 is 5.32 Å². The van der Waals surface area contributed by atoms with E-state index in [1.54, 1.807) is 0 Å². The van der Waals surface area contributed by atoms with Gasteiger partial charge in [-0.15, -0.1) is 0 Å². The topological polar surface area (TPSA) is 66.5 Å². The summed E-state index contributed by atoms with van der Waals surface area (Å²) >= 11 is 24.6. The van der Waals surface area contributed by atoms with Crippen molar-refractivity contribution >= 4 is 64.1 Å². The van der Waals surface area contributed by atoms with Gasteiger partial charge in [0.25, 0.3) is 11.8 Å². The summed E-state index contributed by atoms with van der Waals surface area (Å²) in [5, 5.41) is 2.35. The van der Waals surface area contributed by atoms with E-state index in [1.807, 2.05) is 51.1 Å². The third-order valence-corrected chi connectivity index (χ3v) is 6.90. The standard InChI is InChI=1S/C22H20Cl4N2O3/c1-10(2)9-13(20(29)27-11(3)12-7-5-4-6-8-12)28-21(30)14-15(22(28)31)17(24)19(26)18(25)16(14)23/h4-8,10-11,13H,9H2,1-3H3,(H,27,29)/t11-,13-/m0/s1. The maximum Gasteiger partial charge on any atom is 0.263 e. The number of nitrogens with zero attached hydrogens (tertiary/aromatic N) is 1. The zero-order chi connectivity index (χ0) is 23.0. The second-order valence-corrected chi connectivity index (χ2v) is 9.28. The molecule has 0 saturated carbocycles. The molecule has 0 aliphatic carbocycles. The number of imide groups is 1. The highest BCUT2D eigenvalue weighted by Crippen LogP contribution is 2.45. The van der Waals surface area contributed by atoms with E-state index in [1.165, 1.54) is 0 Å². The third-order valence-electron chi connectivity index (χ3n) is 5.10. The van der Waals surface area contributed by atoms with Gasteiger partial charge in [0, 0.05) is 0 Å². The first-order valence-corrected chi connectivity index (χ1v) is 11.2. The van der Waals surface area contributed by atoms with E-state index in [4.69, 9.17) is 46.4 Å². The van der Waals surface area contributed by atoms with Crippen LogP contribution >= 0.6 is 46.4 Å². The Bertz CT molecular complexity index is 1010. The summed E-state index contributed by atoms with van der Waals surface area (Å²) in [6.07, 6.45) is 0.259. The largest absolute Gasteiger partial charge is 0.348 e. The third kappa shape index (κ3) is 4.42. The van der Waals surface area contributed by atoms with Crippen LogP contribution in [0.2, 0.25) is 20.1 Å². The monoisotopic (exact) mass is 500 g/mol. The van der Waals surface area contributed by atoms with Crippen molar-refractivity contribution in [3.05, 3.63) is 67.1 Å². The number of hydrogen-bond donors (Lipinski definition) is 1. The quantitative estimate of drug-likeness (QED) is 0.291. The number of amides is 3. The number of fused-ring (bicyclic) bond motifs is 1. The zero-order valence-electron chi connectivity index (χ0n) is 17.0. The van der Waals surface area contributed by atoms with Crippen molar-refractivity contribution in [2.45, 2.75) is 39.3 Å². The molecule has 0 unspecified atom stereocenters. The van der Waals surface area contributed by atoms with Gasteiger partial charge in [0.1, 0.15) is 6.04 Å². The Balaban J connectivity index is 1.98. The van der Waals surface area contributed by atoms with E-state index in [-0.39, 0.29) is 49.6 Å². The van der Waals surface area contributed by atoms with Gasteiger partial charge >= 0.3 is 0 Å². The van der Waals surface area contributed by atoms with Gasteiger partial charge in [0.2, 0.25) is 5.91 Å². The van der Waals surface area contributed by atoms with Gasteiger partial charge in [0.05, 0.1) is 37.3 Å². The molecule has 3 amide bonds. The Hall–Kier alpha value is -1.79. The summed E-state index contributed by atoms with van der Waals surface area (Å²) in [5.41, 5.74) is 0.624. The summed E-state index contributed by atoms with van der Waals surface area (Å²) in [6.45, 7) is 5.62. The Kier molecular flexibility index (Phi) is 7.21. The molecule has 2 atom stereocenters. The second kappa shape index (κ2) is 9.37. The summed E-state index contributed by atoms with van der Waals surface area (Å²) in [7, 11) is 0. The minimum atomic E-state index is -1.05. The SMILES string of the molecule is CC(C)C[C@@H](C(=O)N[C@@H](C)c1ccccc1)N1C(=O)c2c(Cl)c(Cl)c(Cl)c(Cl)c2C1=O. The fourth-order valence-corrected chi connectivity index (χ4v) is 4.57. The molecule has 0 aromatic heterocycles. The number of carbonyl (C=O) groups excluding carboxylic acids is 3. The predicted octanol–water partition coefficient (Wildman–Crippen LogP) is 6.19. The van der Waals surface area contributed by atoms with E-state index < -0.39 is 23.8 Å². The minimum absolute atomic E-state index is 0.0187. The number of halogens is 4. The highest BCUT2D eigenvalue weighted by atomic mass is 35.5. The smallest absolute Gasteiger partial charge is 0.263 e. The fraction of sp³-hybridized carbons (Fsp3) is 0.318. The molecule has 0 saturated heterocycles. The molecule has 1 N–H and O–H groups in total. The fourth-order valence-electron chi connectivity index (χ4n) is 3.56. The van der Waals surface area contributed by atoms with Crippen molar-refractivity contribution in [2.24, 2.45) is 5.92 Å². The predicted molar refractivity (Wildman–Crippen MR) is 123 cm³/mol. The number of carbonyl (C=O) groups is 3. The van der Waals surface area contributed by atoms with E-state index in [2.05, 4.69) is 5.32 Å². The zero-order valence-corrected chi connectivity index (χ0v) is 20.0. The lowest BCUT2D eigenvalue weighted by Crippen LogP contribution is -2.50. The first-order chi connectivity index (χ1) is 14.6. The summed E-state index contributed by atoms with van der Waals surface area (Å²) in [5.74, 6) is -1.88. The van der Waals surface area contributed by atoms with Gasteiger partial charge in [-0.05, 0) is 24.8 Å². The second-order valence-electron chi connectivity index (χ2n) is 7.77. The molecule has 0 radical (unpaired) electrons. The lowest BCUT2D eigenvalue weighted by Gasteiger charge is -2.28. The molecule has 1 heterocycles. The maximum atomic E-state index is 13.2. The Labute approximate surface area is 200 Å². The molecule has 0 spiro atoms. The molecule has 9 heteroatoms. The van der Waals surface area contributed by atoms with Crippen LogP contribution in [-0.4, -0.2) is 28.7 Å². The van der Waals surface area contributed by atoms with E-state index >= 15 is 0 Å². The van der Waals surface area contributed by atoms with Gasteiger partial charge in [-0.1, -0.05) is 90.6 Å². The molecule has 0 fully saturated rings. The van der Waals surface area contributed by atoms with Crippen molar-refractivity contribution < 1.29 is 14.4 Å². The molecule has 3 rings (SSSR count). The van der Waals surface area contributed by atoms with Crippen LogP contribution in [0.5, 0.6) is 0 Å². The molecule has 2 aromatic rings. The van der Waals surface area contributed by atoms with E-state index in [0.29, 0.717) is 0 Å². The first-order valence-electron chi connectivity index (χ1n) is 9.65. The van der Waals surface area contributed by atoms with Crippen molar-refractivity contribution in [1.29, 1.82) is 0 Å². The molecule has 5 nitrogen and oxygen atoms in total. The number of benzene rings is 2. The molecular formula is C22H20Cl4N2O3. The molecule has 2 aromatic carbocycles. The van der Waals surface area contributed by atoms with Crippen molar-refractivity contribution in [2.75, 3.05) is 0 Å². The molecule has 1 aliphatic rings. The first kappa shape index (κ1) is 23.9. The lowest BCUT2D eigenvalue weighted by atomic mass is 10.0. The van der Waals surface area contributed by atoms with Crippen LogP contribution in [0.25, 0.3) is 0 Å². The molecule has 0 bridgehead atoms. The average Bonchev–Trinajstić information content (AvgIpc) is 2.99. The average molecular weight is 502 g/mol.